The molecular formula is C12H13BrClNO. The summed E-state index contributed by atoms with van der Waals surface area (Å²) >= 11 is 9.32. The topological polar surface area (TPSA) is 20.3 Å². The number of benzene rings is 1. The van der Waals surface area contributed by atoms with E-state index in [9.17, 15) is 4.79 Å². The number of hydrogen-bond donors (Lipinski definition) is 0. The maximum Gasteiger partial charge on any atom is 0.240 e. The maximum absolute atomic E-state index is 12.0. The number of alkyl halides is 1. The number of aryl methyl sites for hydroxylation is 1. The van der Waals surface area contributed by atoms with Gasteiger partial charge in [0, 0.05) is 17.3 Å². The van der Waals surface area contributed by atoms with Crippen LogP contribution in [0.4, 0.5) is 5.69 Å². The molecule has 1 aromatic carbocycles. The zero-order chi connectivity index (χ0) is 11.7. The number of carbonyl (C=O) groups is 1. The third-order valence-electron chi connectivity index (χ3n) is 2.82. The average molecular weight is 303 g/mol. The van der Waals surface area contributed by atoms with Crippen molar-refractivity contribution in [1.29, 1.82) is 0 Å². The van der Waals surface area contributed by atoms with Crippen LogP contribution in [0.15, 0.2) is 18.2 Å². The first kappa shape index (κ1) is 11.9. The van der Waals surface area contributed by atoms with Crippen LogP contribution in [0.2, 0.25) is 5.02 Å². The largest absolute Gasteiger partial charge is 0.311 e. The predicted molar refractivity (Wildman–Crippen MR) is 70.5 cm³/mol. The highest BCUT2D eigenvalue weighted by atomic mass is 79.9. The molecule has 1 amide bonds. The summed E-state index contributed by atoms with van der Waals surface area (Å²) in [5.41, 5.74) is 2.01. The summed E-state index contributed by atoms with van der Waals surface area (Å²) in [6, 6.07) is 5.64. The number of hydrogen-bond acceptors (Lipinski definition) is 1. The third kappa shape index (κ3) is 2.25. The molecule has 86 valence electrons. The summed E-state index contributed by atoms with van der Waals surface area (Å²) in [7, 11) is 0. The van der Waals surface area contributed by atoms with Crippen LogP contribution >= 0.6 is 27.5 Å². The van der Waals surface area contributed by atoms with E-state index in [0.29, 0.717) is 5.02 Å². The quantitative estimate of drug-likeness (QED) is 0.727. The molecule has 4 heteroatoms. The second kappa shape index (κ2) is 4.76. The number of rotatable bonds is 1. The van der Waals surface area contributed by atoms with Crippen molar-refractivity contribution in [2.24, 2.45) is 0 Å². The molecule has 0 aliphatic carbocycles. The molecule has 2 nitrogen and oxygen atoms in total. The zero-order valence-corrected chi connectivity index (χ0v) is 11.4. The van der Waals surface area contributed by atoms with Crippen LogP contribution in [-0.2, 0) is 4.79 Å². The van der Waals surface area contributed by atoms with Crippen molar-refractivity contribution < 1.29 is 4.79 Å². The van der Waals surface area contributed by atoms with E-state index in [-0.39, 0.29) is 10.7 Å². The number of anilines is 1. The average Bonchev–Trinajstić information content (AvgIpc) is 2.23. The zero-order valence-electron chi connectivity index (χ0n) is 9.04. The minimum Gasteiger partial charge on any atom is -0.311 e. The van der Waals surface area contributed by atoms with E-state index in [1.807, 2.05) is 30.0 Å². The molecule has 0 N–H and O–H groups in total. The first-order valence-corrected chi connectivity index (χ1v) is 6.60. The van der Waals surface area contributed by atoms with Crippen molar-refractivity contribution in [3.05, 3.63) is 28.8 Å². The number of nitrogens with zero attached hydrogens (tertiary/aromatic N) is 1. The van der Waals surface area contributed by atoms with Gasteiger partial charge < -0.3 is 4.90 Å². The van der Waals surface area contributed by atoms with E-state index in [1.165, 1.54) is 0 Å². The molecule has 1 unspecified atom stereocenters. The van der Waals surface area contributed by atoms with E-state index >= 15 is 0 Å². The van der Waals surface area contributed by atoms with Gasteiger partial charge in [-0.05, 0) is 43.5 Å². The van der Waals surface area contributed by atoms with Crippen molar-refractivity contribution in [2.45, 2.75) is 24.6 Å². The summed E-state index contributed by atoms with van der Waals surface area (Å²) in [5, 5.41) is 0.709. The summed E-state index contributed by atoms with van der Waals surface area (Å²) in [6.07, 6.45) is 1.95. The molecule has 0 spiro atoms. The van der Waals surface area contributed by atoms with Gasteiger partial charge in [0.25, 0.3) is 0 Å². The Morgan fingerprint density at radius 3 is 2.94 bits per heavy atom. The minimum atomic E-state index is -0.0451. The monoisotopic (exact) mass is 301 g/mol. The molecule has 1 aliphatic rings. The number of amides is 1. The van der Waals surface area contributed by atoms with Gasteiger partial charge in [-0.1, -0.05) is 27.5 Å². The van der Waals surface area contributed by atoms with E-state index in [1.54, 1.807) is 0 Å². The summed E-state index contributed by atoms with van der Waals surface area (Å²) in [4.78, 5) is 13.8. The maximum atomic E-state index is 12.0. The van der Waals surface area contributed by atoms with Gasteiger partial charge in [0.05, 0.1) is 4.83 Å². The Hall–Kier alpha value is -0.540. The molecule has 2 rings (SSSR count). The SMILES string of the molecule is Cc1cc(Cl)ccc1N1CCCC(Br)C1=O. The normalized spacial score (nSPS) is 21.3. The van der Waals surface area contributed by atoms with Gasteiger partial charge >= 0.3 is 0 Å². The van der Waals surface area contributed by atoms with Gasteiger partial charge in [-0.2, -0.15) is 0 Å². The van der Waals surface area contributed by atoms with Crippen LogP contribution in [0.5, 0.6) is 0 Å². The number of halogens is 2. The van der Waals surface area contributed by atoms with Gasteiger partial charge in [0.1, 0.15) is 0 Å². The smallest absolute Gasteiger partial charge is 0.240 e. The fraction of sp³-hybridized carbons (Fsp3) is 0.417. The minimum absolute atomic E-state index is 0.0451. The molecule has 1 saturated heterocycles. The first-order valence-electron chi connectivity index (χ1n) is 5.31. The highest BCUT2D eigenvalue weighted by Crippen LogP contribution is 2.28. The molecule has 0 radical (unpaired) electrons. The Kier molecular flexibility index (Phi) is 3.55. The molecule has 1 aliphatic heterocycles. The van der Waals surface area contributed by atoms with Crippen LogP contribution in [0, 0.1) is 6.92 Å². The number of piperidine rings is 1. The second-order valence-corrected chi connectivity index (χ2v) is 5.57. The van der Waals surface area contributed by atoms with Crippen molar-refractivity contribution in [3.63, 3.8) is 0 Å². The second-order valence-electron chi connectivity index (χ2n) is 4.03. The van der Waals surface area contributed by atoms with Crippen molar-refractivity contribution in [3.8, 4) is 0 Å². The molecule has 16 heavy (non-hydrogen) atoms. The standard InChI is InChI=1S/C12H13BrClNO/c1-8-7-9(14)4-5-11(8)15-6-2-3-10(13)12(15)16/h4-5,7,10H,2-3,6H2,1H3. The van der Waals surface area contributed by atoms with Gasteiger partial charge in [-0.25, -0.2) is 0 Å². The Balaban J connectivity index is 2.32. The van der Waals surface area contributed by atoms with E-state index in [4.69, 9.17) is 11.6 Å². The lowest BCUT2D eigenvalue weighted by Gasteiger charge is -2.31. The van der Waals surface area contributed by atoms with E-state index in [2.05, 4.69) is 15.9 Å². The molecule has 1 heterocycles. The Morgan fingerprint density at radius 2 is 2.25 bits per heavy atom. The van der Waals surface area contributed by atoms with Crippen molar-refractivity contribution >= 4 is 39.1 Å². The fourth-order valence-electron chi connectivity index (χ4n) is 1.99. The molecule has 1 atom stereocenters. The van der Waals surface area contributed by atoms with Gasteiger partial charge in [0.15, 0.2) is 0 Å². The van der Waals surface area contributed by atoms with Crippen LogP contribution in [0.25, 0.3) is 0 Å². The van der Waals surface area contributed by atoms with Gasteiger partial charge in [-0.3, -0.25) is 4.79 Å². The predicted octanol–water partition coefficient (Wildman–Crippen LogP) is 3.54. The Morgan fingerprint density at radius 1 is 1.50 bits per heavy atom. The van der Waals surface area contributed by atoms with Crippen LogP contribution in [0.1, 0.15) is 18.4 Å². The number of carbonyl (C=O) groups excluding carboxylic acids is 1. The van der Waals surface area contributed by atoms with Crippen LogP contribution < -0.4 is 4.90 Å². The third-order valence-corrected chi connectivity index (χ3v) is 3.91. The fourth-order valence-corrected chi connectivity index (χ4v) is 2.79. The Labute approximate surface area is 109 Å². The lowest BCUT2D eigenvalue weighted by atomic mass is 10.1. The summed E-state index contributed by atoms with van der Waals surface area (Å²) in [5.74, 6) is 0.150. The molecule has 0 bridgehead atoms. The lowest BCUT2D eigenvalue weighted by Crippen LogP contribution is -2.42. The lowest BCUT2D eigenvalue weighted by molar-refractivity contribution is -0.118. The molecule has 1 aromatic rings. The van der Waals surface area contributed by atoms with Crippen LogP contribution in [-0.4, -0.2) is 17.3 Å². The van der Waals surface area contributed by atoms with Gasteiger partial charge in [0.2, 0.25) is 5.91 Å². The summed E-state index contributed by atoms with van der Waals surface area (Å²) < 4.78 is 0. The molecule has 0 saturated carbocycles. The van der Waals surface area contributed by atoms with Crippen molar-refractivity contribution in [2.75, 3.05) is 11.4 Å². The van der Waals surface area contributed by atoms with E-state index < -0.39 is 0 Å². The van der Waals surface area contributed by atoms with E-state index in [0.717, 1.165) is 30.6 Å². The molecular weight excluding hydrogens is 289 g/mol. The highest BCUT2D eigenvalue weighted by Gasteiger charge is 2.28. The van der Waals surface area contributed by atoms with Crippen molar-refractivity contribution in [1.82, 2.24) is 0 Å². The van der Waals surface area contributed by atoms with Gasteiger partial charge in [-0.15, -0.1) is 0 Å². The molecule has 0 aromatic heterocycles. The first-order chi connectivity index (χ1) is 7.59. The molecule has 1 fully saturated rings. The highest BCUT2D eigenvalue weighted by molar-refractivity contribution is 9.10. The Bertz CT molecular complexity index is 421. The summed E-state index contributed by atoms with van der Waals surface area (Å²) in [6.45, 7) is 2.77. The van der Waals surface area contributed by atoms with Crippen LogP contribution in [0.3, 0.4) is 0 Å².